The van der Waals surface area contributed by atoms with Crippen molar-refractivity contribution in [1.82, 2.24) is 0 Å². The van der Waals surface area contributed by atoms with Crippen molar-refractivity contribution >= 4 is 28.0 Å². The SMILES string of the molecule is CC(=O)OC[C@H]1OC(OC(C)=O)[C@H](OC(C)=O)[C@@H]1OS(=O)(=O)C(F)(F)F. The Kier molecular flexibility index (Phi) is 6.95. The summed E-state index contributed by atoms with van der Waals surface area (Å²) in [6.45, 7) is 2.03. The van der Waals surface area contributed by atoms with Gasteiger partial charge in [-0.3, -0.25) is 18.6 Å². The Balaban J connectivity index is 3.19. The summed E-state index contributed by atoms with van der Waals surface area (Å²) in [5.74, 6) is -2.86. The molecule has 1 unspecified atom stereocenters. The highest BCUT2D eigenvalue weighted by molar-refractivity contribution is 7.87. The number of ether oxygens (including phenoxy) is 4. The summed E-state index contributed by atoms with van der Waals surface area (Å²) < 4.78 is 83.4. The molecule has 1 aliphatic rings. The van der Waals surface area contributed by atoms with Gasteiger partial charge >= 0.3 is 33.5 Å². The minimum absolute atomic E-state index is 0.747. The monoisotopic (exact) mass is 408 g/mol. The molecule has 0 aromatic heterocycles. The van der Waals surface area contributed by atoms with Crippen LogP contribution in [0.2, 0.25) is 0 Å². The van der Waals surface area contributed by atoms with Crippen molar-refractivity contribution in [2.24, 2.45) is 0 Å². The van der Waals surface area contributed by atoms with Crippen molar-refractivity contribution in [3.8, 4) is 0 Å². The first kappa shape index (κ1) is 22.1. The Hall–Kier alpha value is -1.93. The van der Waals surface area contributed by atoms with E-state index in [1.54, 1.807) is 0 Å². The summed E-state index contributed by atoms with van der Waals surface area (Å²) >= 11 is 0. The molecule has 4 atom stereocenters. The van der Waals surface area contributed by atoms with Gasteiger partial charge in [-0.1, -0.05) is 0 Å². The lowest BCUT2D eigenvalue weighted by Crippen LogP contribution is -2.44. The molecule has 0 amide bonds. The molecule has 0 N–H and O–H groups in total. The van der Waals surface area contributed by atoms with Gasteiger partial charge in [0.1, 0.15) is 12.7 Å². The lowest BCUT2D eigenvalue weighted by Gasteiger charge is -2.23. The van der Waals surface area contributed by atoms with E-state index in [-0.39, 0.29) is 0 Å². The lowest BCUT2D eigenvalue weighted by molar-refractivity contribution is -0.197. The molecule has 0 bridgehead atoms. The predicted octanol–water partition coefficient (Wildman–Crippen LogP) is 0.00400. The third kappa shape index (κ3) is 5.81. The highest BCUT2D eigenvalue weighted by Crippen LogP contribution is 2.33. The van der Waals surface area contributed by atoms with Crippen molar-refractivity contribution in [2.75, 3.05) is 6.61 Å². The van der Waals surface area contributed by atoms with E-state index in [1.165, 1.54) is 0 Å². The number of esters is 3. The molecule has 1 heterocycles. The van der Waals surface area contributed by atoms with Crippen LogP contribution in [-0.2, 0) is 47.6 Å². The highest BCUT2D eigenvalue weighted by atomic mass is 32.2. The van der Waals surface area contributed by atoms with Gasteiger partial charge in [0.15, 0.2) is 12.2 Å². The van der Waals surface area contributed by atoms with Crippen LogP contribution < -0.4 is 0 Å². The van der Waals surface area contributed by atoms with Crippen molar-refractivity contribution in [1.29, 1.82) is 0 Å². The number of hydrogen-bond acceptors (Lipinski definition) is 10. The minimum atomic E-state index is -6.13. The molecule has 0 aromatic carbocycles. The summed E-state index contributed by atoms with van der Waals surface area (Å²) in [5.41, 5.74) is -5.78. The van der Waals surface area contributed by atoms with Gasteiger partial charge in [-0.25, -0.2) is 0 Å². The molecule has 0 aliphatic carbocycles. The molecule has 150 valence electrons. The number of carbonyl (C=O) groups excluding carboxylic acids is 3. The molecular formula is C12H15F3O10S. The smallest absolute Gasteiger partial charge is 0.463 e. The Bertz CT molecular complexity index is 659. The maximum atomic E-state index is 12.6. The van der Waals surface area contributed by atoms with Crippen molar-refractivity contribution in [3.63, 3.8) is 0 Å². The molecule has 26 heavy (non-hydrogen) atoms. The van der Waals surface area contributed by atoms with Crippen LogP contribution in [0.25, 0.3) is 0 Å². The number of hydrogen-bond donors (Lipinski definition) is 0. The largest absolute Gasteiger partial charge is 0.523 e. The maximum absolute atomic E-state index is 12.6. The second-order valence-electron chi connectivity index (χ2n) is 4.99. The molecule has 0 saturated carbocycles. The van der Waals surface area contributed by atoms with Crippen LogP contribution in [0, 0.1) is 0 Å². The van der Waals surface area contributed by atoms with Crippen LogP contribution in [0.15, 0.2) is 0 Å². The van der Waals surface area contributed by atoms with Crippen LogP contribution in [0.3, 0.4) is 0 Å². The normalized spacial score (nSPS) is 26.2. The third-order valence-electron chi connectivity index (χ3n) is 2.82. The van der Waals surface area contributed by atoms with E-state index in [4.69, 9.17) is 9.47 Å². The van der Waals surface area contributed by atoms with Crippen LogP contribution in [-0.4, -0.2) is 63.0 Å². The zero-order valence-electron chi connectivity index (χ0n) is 13.6. The first-order valence-electron chi connectivity index (χ1n) is 6.87. The Morgan fingerprint density at radius 2 is 1.50 bits per heavy atom. The first-order chi connectivity index (χ1) is 11.7. The number of alkyl halides is 3. The Labute approximate surface area is 145 Å². The standard InChI is InChI=1S/C12H15F3O10S/c1-5(16)21-4-8-9(25-26(19,20)12(13,14)15)10(22-6(2)17)11(24-8)23-7(3)18/h8-11H,4H2,1-3H3/t8-,9-,10-,11?/m1/s1. The fraction of sp³-hybridized carbons (Fsp3) is 0.750. The summed E-state index contributed by atoms with van der Waals surface area (Å²) in [6, 6.07) is 0. The zero-order valence-corrected chi connectivity index (χ0v) is 14.5. The average molecular weight is 408 g/mol. The highest BCUT2D eigenvalue weighted by Gasteiger charge is 2.57. The van der Waals surface area contributed by atoms with E-state index >= 15 is 0 Å². The van der Waals surface area contributed by atoms with Crippen LogP contribution >= 0.6 is 0 Å². The van der Waals surface area contributed by atoms with Gasteiger partial charge in [0.05, 0.1) is 0 Å². The summed E-state index contributed by atoms with van der Waals surface area (Å²) in [5, 5.41) is 0. The van der Waals surface area contributed by atoms with Gasteiger partial charge in [-0.2, -0.15) is 21.6 Å². The van der Waals surface area contributed by atoms with Crippen molar-refractivity contribution < 1.29 is 59.1 Å². The van der Waals surface area contributed by atoms with E-state index < -0.39 is 64.7 Å². The third-order valence-corrected chi connectivity index (χ3v) is 3.87. The molecular weight excluding hydrogens is 393 g/mol. The van der Waals surface area contributed by atoms with Gasteiger partial charge < -0.3 is 18.9 Å². The average Bonchev–Trinajstić information content (AvgIpc) is 2.71. The number of carbonyl (C=O) groups is 3. The molecule has 1 saturated heterocycles. The van der Waals surface area contributed by atoms with Gasteiger partial charge in [0.2, 0.25) is 6.29 Å². The molecule has 0 spiro atoms. The van der Waals surface area contributed by atoms with Crippen LogP contribution in [0.4, 0.5) is 13.2 Å². The Morgan fingerprint density at radius 3 is 1.92 bits per heavy atom. The van der Waals surface area contributed by atoms with E-state index in [9.17, 15) is 36.0 Å². The van der Waals surface area contributed by atoms with E-state index in [2.05, 4.69) is 13.7 Å². The predicted molar refractivity (Wildman–Crippen MR) is 72.5 cm³/mol. The molecule has 1 rings (SSSR count). The molecule has 14 heteroatoms. The van der Waals surface area contributed by atoms with Gasteiger partial charge in [-0.05, 0) is 0 Å². The van der Waals surface area contributed by atoms with Gasteiger partial charge in [0.25, 0.3) is 0 Å². The zero-order chi connectivity index (χ0) is 20.3. The molecule has 1 aliphatic heterocycles. The summed E-state index contributed by atoms with van der Waals surface area (Å²) in [7, 11) is -6.13. The minimum Gasteiger partial charge on any atom is -0.463 e. The second kappa shape index (κ2) is 8.18. The van der Waals surface area contributed by atoms with Crippen molar-refractivity contribution in [2.45, 2.75) is 50.9 Å². The fourth-order valence-electron chi connectivity index (χ4n) is 1.92. The Morgan fingerprint density at radius 1 is 0.962 bits per heavy atom. The fourth-order valence-corrected chi connectivity index (χ4v) is 2.55. The van der Waals surface area contributed by atoms with Crippen LogP contribution in [0.5, 0.6) is 0 Å². The van der Waals surface area contributed by atoms with Gasteiger partial charge in [-0.15, -0.1) is 0 Å². The van der Waals surface area contributed by atoms with E-state index in [1.807, 2.05) is 0 Å². The first-order valence-corrected chi connectivity index (χ1v) is 8.28. The topological polar surface area (TPSA) is 132 Å². The van der Waals surface area contributed by atoms with Crippen molar-refractivity contribution in [3.05, 3.63) is 0 Å². The number of halogens is 3. The summed E-state index contributed by atoms with van der Waals surface area (Å²) in [6.07, 6.45) is -7.35. The second-order valence-corrected chi connectivity index (χ2v) is 6.55. The molecule has 10 nitrogen and oxygen atoms in total. The van der Waals surface area contributed by atoms with Crippen LogP contribution in [0.1, 0.15) is 20.8 Å². The summed E-state index contributed by atoms with van der Waals surface area (Å²) in [4.78, 5) is 33.2. The maximum Gasteiger partial charge on any atom is 0.523 e. The van der Waals surface area contributed by atoms with Gasteiger partial charge in [0, 0.05) is 20.8 Å². The molecule has 0 aromatic rings. The molecule has 0 radical (unpaired) electrons. The van der Waals surface area contributed by atoms with E-state index in [0.717, 1.165) is 20.8 Å². The number of rotatable bonds is 6. The van der Waals surface area contributed by atoms with E-state index in [0.29, 0.717) is 0 Å². The molecule has 1 fully saturated rings. The quantitative estimate of drug-likeness (QED) is 0.256. The lowest BCUT2D eigenvalue weighted by atomic mass is 10.1.